The van der Waals surface area contributed by atoms with Gasteiger partial charge in [0.15, 0.2) is 0 Å². The molecule has 2 amide bonds. The summed E-state index contributed by atoms with van der Waals surface area (Å²) < 4.78 is 0. The first-order valence-electron chi connectivity index (χ1n) is 6.26. The number of amides is 2. The molecule has 5 heteroatoms. The molecule has 0 heterocycles. The summed E-state index contributed by atoms with van der Waals surface area (Å²) in [6, 6.07) is -1.33. The molecule has 3 unspecified atom stereocenters. The van der Waals surface area contributed by atoms with E-state index in [1.807, 2.05) is 0 Å². The second-order valence-corrected chi connectivity index (χ2v) is 4.89. The van der Waals surface area contributed by atoms with E-state index in [0.717, 1.165) is 19.3 Å². The first-order chi connectivity index (χ1) is 8.52. The first kappa shape index (κ1) is 14.4. The summed E-state index contributed by atoms with van der Waals surface area (Å²) in [5.74, 6) is 1.73. The number of aliphatic carboxylic acids is 1. The normalized spacial score (nSPS) is 24.7. The van der Waals surface area contributed by atoms with Crippen molar-refractivity contribution in [3.63, 3.8) is 0 Å². The molecule has 3 atom stereocenters. The molecular weight excluding hydrogens is 232 g/mol. The van der Waals surface area contributed by atoms with Gasteiger partial charge in [-0.15, -0.1) is 12.3 Å². The number of hydrogen-bond donors (Lipinski definition) is 3. The molecule has 0 bridgehead atoms. The summed E-state index contributed by atoms with van der Waals surface area (Å²) >= 11 is 0. The predicted octanol–water partition coefficient (Wildman–Crippen LogP) is 1.34. The molecule has 0 spiro atoms. The lowest BCUT2D eigenvalue weighted by molar-refractivity contribution is -0.139. The molecule has 100 valence electrons. The van der Waals surface area contributed by atoms with Crippen molar-refractivity contribution in [2.24, 2.45) is 5.92 Å². The third kappa shape index (κ3) is 4.66. The number of carbonyl (C=O) groups excluding carboxylic acids is 1. The van der Waals surface area contributed by atoms with Gasteiger partial charge >= 0.3 is 12.0 Å². The van der Waals surface area contributed by atoms with Crippen molar-refractivity contribution in [3.05, 3.63) is 0 Å². The second-order valence-electron chi connectivity index (χ2n) is 4.89. The lowest BCUT2D eigenvalue weighted by Gasteiger charge is -2.27. The molecule has 1 saturated carbocycles. The van der Waals surface area contributed by atoms with Gasteiger partial charge < -0.3 is 15.7 Å². The fourth-order valence-electron chi connectivity index (χ4n) is 2.27. The smallest absolute Gasteiger partial charge is 0.327 e. The summed E-state index contributed by atoms with van der Waals surface area (Å²) in [5, 5.41) is 14.1. The van der Waals surface area contributed by atoms with Crippen LogP contribution in [0.4, 0.5) is 4.79 Å². The van der Waals surface area contributed by atoms with E-state index in [2.05, 4.69) is 23.5 Å². The maximum atomic E-state index is 11.7. The van der Waals surface area contributed by atoms with E-state index in [-0.39, 0.29) is 12.5 Å². The predicted molar refractivity (Wildman–Crippen MR) is 68.0 cm³/mol. The van der Waals surface area contributed by atoms with Gasteiger partial charge in [0.1, 0.15) is 6.04 Å². The number of nitrogens with one attached hydrogen (secondary N) is 2. The average Bonchev–Trinajstić information content (AvgIpc) is 2.28. The highest BCUT2D eigenvalue weighted by Crippen LogP contribution is 2.23. The molecule has 0 aromatic carbocycles. The van der Waals surface area contributed by atoms with Crippen LogP contribution in [0, 0.1) is 18.3 Å². The van der Waals surface area contributed by atoms with E-state index in [1.165, 1.54) is 6.42 Å². The zero-order valence-corrected chi connectivity index (χ0v) is 10.6. The number of urea groups is 1. The zero-order valence-electron chi connectivity index (χ0n) is 10.6. The maximum Gasteiger partial charge on any atom is 0.327 e. The van der Waals surface area contributed by atoms with Gasteiger partial charge in [-0.1, -0.05) is 19.8 Å². The van der Waals surface area contributed by atoms with Crippen molar-refractivity contribution in [2.45, 2.75) is 51.1 Å². The van der Waals surface area contributed by atoms with Gasteiger partial charge in [0, 0.05) is 12.5 Å². The topological polar surface area (TPSA) is 78.4 Å². The van der Waals surface area contributed by atoms with Crippen LogP contribution < -0.4 is 10.6 Å². The highest BCUT2D eigenvalue weighted by molar-refractivity contribution is 5.82. The number of carbonyl (C=O) groups is 2. The van der Waals surface area contributed by atoms with Gasteiger partial charge in [-0.25, -0.2) is 9.59 Å². The minimum absolute atomic E-state index is 0.0101. The van der Waals surface area contributed by atoms with Gasteiger partial charge in [-0.3, -0.25) is 0 Å². The fraction of sp³-hybridized carbons (Fsp3) is 0.692. The number of rotatable bonds is 4. The highest BCUT2D eigenvalue weighted by atomic mass is 16.4. The van der Waals surface area contributed by atoms with Crippen LogP contribution in [0.15, 0.2) is 0 Å². The van der Waals surface area contributed by atoms with Gasteiger partial charge in [0.25, 0.3) is 0 Å². The van der Waals surface area contributed by atoms with Gasteiger partial charge in [-0.2, -0.15) is 0 Å². The SMILES string of the molecule is C#CCC(NC(=O)NC1CCCC(C)C1)C(=O)O. The Bertz CT molecular complexity index is 349. The minimum atomic E-state index is -1.11. The van der Waals surface area contributed by atoms with Crippen molar-refractivity contribution >= 4 is 12.0 Å². The monoisotopic (exact) mass is 252 g/mol. The van der Waals surface area contributed by atoms with Crippen LogP contribution in [0.2, 0.25) is 0 Å². The minimum Gasteiger partial charge on any atom is -0.480 e. The number of carboxylic acids is 1. The molecule has 1 aliphatic carbocycles. The standard InChI is InChI=1S/C13H20N2O3/c1-3-5-11(12(16)17)15-13(18)14-10-7-4-6-9(2)8-10/h1,9-11H,4-8H2,2H3,(H,16,17)(H2,14,15,18). The lowest BCUT2D eigenvalue weighted by atomic mass is 9.87. The van der Waals surface area contributed by atoms with E-state index in [1.54, 1.807) is 0 Å². The average molecular weight is 252 g/mol. The van der Waals surface area contributed by atoms with Crippen LogP contribution in [0.5, 0.6) is 0 Å². The second kappa shape index (κ2) is 6.90. The van der Waals surface area contributed by atoms with Gasteiger partial charge in [0.05, 0.1) is 0 Å². The summed E-state index contributed by atoms with van der Waals surface area (Å²) in [6.45, 7) is 2.16. The molecular formula is C13H20N2O3. The number of carboxylic acid groups (broad SMARTS) is 1. The molecule has 0 aromatic rings. The van der Waals surface area contributed by atoms with E-state index in [0.29, 0.717) is 5.92 Å². The third-order valence-electron chi connectivity index (χ3n) is 3.20. The quantitative estimate of drug-likeness (QED) is 0.661. The van der Waals surface area contributed by atoms with Crippen molar-refractivity contribution in [2.75, 3.05) is 0 Å². The van der Waals surface area contributed by atoms with Crippen LogP contribution in [0.25, 0.3) is 0 Å². The molecule has 0 saturated heterocycles. The Kier molecular flexibility index (Phi) is 5.50. The van der Waals surface area contributed by atoms with Gasteiger partial charge in [-0.05, 0) is 18.8 Å². The molecule has 0 aliphatic heterocycles. The third-order valence-corrected chi connectivity index (χ3v) is 3.20. The van der Waals surface area contributed by atoms with E-state index >= 15 is 0 Å². The lowest BCUT2D eigenvalue weighted by Crippen LogP contribution is -2.49. The Hall–Kier alpha value is -1.70. The number of terminal acetylenes is 1. The van der Waals surface area contributed by atoms with Crippen molar-refractivity contribution < 1.29 is 14.7 Å². The maximum absolute atomic E-state index is 11.7. The Balaban J connectivity index is 2.40. The molecule has 1 fully saturated rings. The van der Waals surface area contributed by atoms with E-state index in [9.17, 15) is 9.59 Å². The van der Waals surface area contributed by atoms with Crippen LogP contribution in [-0.4, -0.2) is 29.2 Å². The molecule has 0 aromatic heterocycles. The summed E-state index contributed by atoms with van der Waals surface area (Å²) in [7, 11) is 0. The van der Waals surface area contributed by atoms with Crippen LogP contribution in [0.1, 0.15) is 39.0 Å². The summed E-state index contributed by atoms with van der Waals surface area (Å²) in [4.78, 5) is 22.5. The van der Waals surface area contributed by atoms with E-state index < -0.39 is 18.0 Å². The van der Waals surface area contributed by atoms with Gasteiger partial charge in [0.2, 0.25) is 0 Å². The number of hydrogen-bond acceptors (Lipinski definition) is 2. The largest absolute Gasteiger partial charge is 0.480 e. The van der Waals surface area contributed by atoms with Crippen molar-refractivity contribution in [1.82, 2.24) is 10.6 Å². The van der Waals surface area contributed by atoms with Crippen LogP contribution >= 0.6 is 0 Å². The Labute approximate surface area is 107 Å². The summed E-state index contributed by atoms with van der Waals surface area (Å²) in [5.41, 5.74) is 0. The Morgan fingerprint density at radius 1 is 1.50 bits per heavy atom. The molecule has 1 aliphatic rings. The van der Waals surface area contributed by atoms with Crippen LogP contribution in [-0.2, 0) is 4.79 Å². The zero-order chi connectivity index (χ0) is 13.5. The molecule has 18 heavy (non-hydrogen) atoms. The fourth-order valence-corrected chi connectivity index (χ4v) is 2.27. The summed E-state index contributed by atoms with van der Waals surface area (Å²) in [6.07, 6.45) is 9.23. The van der Waals surface area contributed by atoms with Crippen molar-refractivity contribution in [3.8, 4) is 12.3 Å². The molecule has 5 nitrogen and oxygen atoms in total. The van der Waals surface area contributed by atoms with Crippen LogP contribution in [0.3, 0.4) is 0 Å². The van der Waals surface area contributed by atoms with E-state index in [4.69, 9.17) is 11.5 Å². The Morgan fingerprint density at radius 2 is 2.22 bits per heavy atom. The molecule has 1 rings (SSSR count). The Morgan fingerprint density at radius 3 is 2.78 bits per heavy atom. The first-order valence-corrected chi connectivity index (χ1v) is 6.26. The highest BCUT2D eigenvalue weighted by Gasteiger charge is 2.23. The van der Waals surface area contributed by atoms with Crippen molar-refractivity contribution in [1.29, 1.82) is 0 Å². The molecule has 0 radical (unpaired) electrons. The molecule has 3 N–H and O–H groups in total.